The molecule has 0 saturated heterocycles. The fourth-order valence-electron chi connectivity index (χ4n) is 1.26. The molecule has 2 aromatic rings. The molecule has 0 saturated carbocycles. The highest BCUT2D eigenvalue weighted by Crippen LogP contribution is 2.17. The lowest BCUT2D eigenvalue weighted by Gasteiger charge is -2.02. The number of amides is 1. The number of nitrogens with zero attached hydrogens (tertiary/aromatic N) is 2. The predicted molar refractivity (Wildman–Crippen MR) is 57.2 cm³/mol. The third-order valence-corrected chi connectivity index (χ3v) is 1.91. The summed E-state index contributed by atoms with van der Waals surface area (Å²) in [6.45, 7) is 0. The quantitative estimate of drug-likeness (QED) is 0.765. The minimum atomic E-state index is 0.644. The molecule has 2 rings (SSSR count). The van der Waals surface area contributed by atoms with Gasteiger partial charge >= 0.3 is 0 Å². The zero-order valence-corrected chi connectivity index (χ0v) is 7.92. The van der Waals surface area contributed by atoms with Crippen LogP contribution in [0.2, 0.25) is 0 Å². The average molecular weight is 199 g/mol. The summed E-state index contributed by atoms with van der Waals surface area (Å²) in [5.74, 6) is 0.645. The highest BCUT2D eigenvalue weighted by Gasteiger charge is 1.99. The van der Waals surface area contributed by atoms with Gasteiger partial charge in [0.1, 0.15) is 0 Å². The van der Waals surface area contributed by atoms with Crippen molar-refractivity contribution in [2.24, 2.45) is 0 Å². The van der Waals surface area contributed by atoms with Crippen LogP contribution in [0.15, 0.2) is 42.7 Å². The third-order valence-electron chi connectivity index (χ3n) is 1.91. The maximum Gasteiger partial charge on any atom is 0.211 e. The number of hydrogen-bond acceptors (Lipinski definition) is 3. The van der Waals surface area contributed by atoms with Crippen LogP contribution in [0, 0.1) is 0 Å². The SMILES string of the molecule is O=CNc1cccc(-c2ncccn2)c1. The van der Waals surface area contributed by atoms with E-state index in [2.05, 4.69) is 15.3 Å². The summed E-state index contributed by atoms with van der Waals surface area (Å²) in [5, 5.41) is 2.58. The van der Waals surface area contributed by atoms with E-state index < -0.39 is 0 Å². The van der Waals surface area contributed by atoms with Crippen LogP contribution in [-0.4, -0.2) is 16.4 Å². The Morgan fingerprint density at radius 2 is 1.93 bits per heavy atom. The summed E-state index contributed by atoms with van der Waals surface area (Å²) in [5.41, 5.74) is 1.61. The molecule has 0 unspecified atom stereocenters. The first-order valence-electron chi connectivity index (χ1n) is 4.48. The number of anilines is 1. The van der Waals surface area contributed by atoms with E-state index in [-0.39, 0.29) is 0 Å². The molecular weight excluding hydrogens is 190 g/mol. The van der Waals surface area contributed by atoms with Crippen LogP contribution in [-0.2, 0) is 4.79 Å². The summed E-state index contributed by atoms with van der Waals surface area (Å²) in [4.78, 5) is 18.5. The smallest absolute Gasteiger partial charge is 0.211 e. The van der Waals surface area contributed by atoms with Crippen molar-refractivity contribution in [2.45, 2.75) is 0 Å². The van der Waals surface area contributed by atoms with Crippen molar-refractivity contribution in [3.63, 3.8) is 0 Å². The van der Waals surface area contributed by atoms with E-state index >= 15 is 0 Å². The third kappa shape index (κ3) is 2.17. The summed E-state index contributed by atoms with van der Waals surface area (Å²) in [6.07, 6.45) is 4.01. The molecule has 1 aromatic heterocycles. The summed E-state index contributed by atoms with van der Waals surface area (Å²) >= 11 is 0. The van der Waals surface area contributed by atoms with Gasteiger partial charge in [-0.15, -0.1) is 0 Å². The molecule has 74 valence electrons. The van der Waals surface area contributed by atoms with Gasteiger partial charge in [-0.25, -0.2) is 9.97 Å². The fourth-order valence-corrected chi connectivity index (χ4v) is 1.26. The van der Waals surface area contributed by atoms with E-state index in [0.717, 1.165) is 11.3 Å². The molecule has 4 heteroatoms. The highest BCUT2D eigenvalue weighted by atomic mass is 16.1. The van der Waals surface area contributed by atoms with E-state index in [1.165, 1.54) is 0 Å². The van der Waals surface area contributed by atoms with Gasteiger partial charge in [0, 0.05) is 23.6 Å². The van der Waals surface area contributed by atoms with Crippen LogP contribution in [0.3, 0.4) is 0 Å². The van der Waals surface area contributed by atoms with E-state index in [1.807, 2.05) is 18.2 Å². The molecule has 0 atom stereocenters. The molecule has 0 bridgehead atoms. The molecule has 1 aromatic carbocycles. The van der Waals surface area contributed by atoms with Crippen LogP contribution in [0.25, 0.3) is 11.4 Å². The molecule has 15 heavy (non-hydrogen) atoms. The normalized spacial score (nSPS) is 9.60. The minimum absolute atomic E-state index is 0.644. The van der Waals surface area contributed by atoms with Gasteiger partial charge in [-0.3, -0.25) is 4.79 Å². The van der Waals surface area contributed by atoms with Crippen molar-refractivity contribution in [3.05, 3.63) is 42.7 Å². The van der Waals surface area contributed by atoms with Crippen LogP contribution in [0.5, 0.6) is 0 Å². The van der Waals surface area contributed by atoms with E-state index in [0.29, 0.717) is 12.2 Å². The number of hydrogen-bond donors (Lipinski definition) is 1. The molecule has 0 aliphatic rings. The second kappa shape index (κ2) is 4.32. The largest absolute Gasteiger partial charge is 0.329 e. The molecule has 4 nitrogen and oxygen atoms in total. The van der Waals surface area contributed by atoms with Gasteiger partial charge in [-0.1, -0.05) is 12.1 Å². The van der Waals surface area contributed by atoms with E-state index in [9.17, 15) is 4.79 Å². The van der Waals surface area contributed by atoms with Gasteiger partial charge in [0.2, 0.25) is 6.41 Å². The zero-order valence-electron chi connectivity index (χ0n) is 7.92. The molecule has 0 spiro atoms. The van der Waals surface area contributed by atoms with Gasteiger partial charge in [-0.2, -0.15) is 0 Å². The number of nitrogens with one attached hydrogen (secondary N) is 1. The minimum Gasteiger partial charge on any atom is -0.329 e. The maximum absolute atomic E-state index is 10.3. The first-order chi connectivity index (χ1) is 7.40. The van der Waals surface area contributed by atoms with Crippen molar-refractivity contribution in [1.29, 1.82) is 0 Å². The molecule has 0 aliphatic carbocycles. The van der Waals surface area contributed by atoms with Gasteiger partial charge in [0.25, 0.3) is 0 Å². The Bertz CT molecular complexity index is 456. The highest BCUT2D eigenvalue weighted by molar-refractivity contribution is 5.74. The van der Waals surface area contributed by atoms with Crippen molar-refractivity contribution in [2.75, 3.05) is 5.32 Å². The Kier molecular flexibility index (Phi) is 2.69. The lowest BCUT2D eigenvalue weighted by atomic mass is 10.2. The van der Waals surface area contributed by atoms with Gasteiger partial charge in [0.05, 0.1) is 0 Å². The molecule has 0 aliphatic heterocycles. The van der Waals surface area contributed by atoms with Gasteiger partial charge in [-0.05, 0) is 18.2 Å². The van der Waals surface area contributed by atoms with Crippen LogP contribution in [0.1, 0.15) is 0 Å². The molecule has 1 heterocycles. The fraction of sp³-hybridized carbons (Fsp3) is 0. The predicted octanol–water partition coefficient (Wildman–Crippen LogP) is 1.71. The standard InChI is InChI=1S/C11H9N3O/c15-8-14-10-4-1-3-9(7-10)11-12-5-2-6-13-11/h1-8H,(H,14,15). The average Bonchev–Trinajstić information content (AvgIpc) is 2.31. The summed E-state index contributed by atoms with van der Waals surface area (Å²) in [7, 11) is 0. The van der Waals surface area contributed by atoms with Crippen molar-refractivity contribution in [1.82, 2.24) is 9.97 Å². The number of rotatable bonds is 3. The van der Waals surface area contributed by atoms with Crippen molar-refractivity contribution in [3.8, 4) is 11.4 Å². The first kappa shape index (κ1) is 9.33. The molecule has 1 N–H and O–H groups in total. The Morgan fingerprint density at radius 3 is 2.67 bits per heavy atom. The van der Waals surface area contributed by atoms with E-state index in [1.54, 1.807) is 24.5 Å². The second-order valence-corrected chi connectivity index (χ2v) is 2.92. The van der Waals surface area contributed by atoms with Crippen LogP contribution >= 0.6 is 0 Å². The second-order valence-electron chi connectivity index (χ2n) is 2.92. The van der Waals surface area contributed by atoms with Crippen molar-refractivity contribution >= 4 is 12.1 Å². The monoisotopic (exact) mass is 199 g/mol. The summed E-state index contributed by atoms with van der Waals surface area (Å²) < 4.78 is 0. The lowest BCUT2D eigenvalue weighted by molar-refractivity contribution is -0.105. The van der Waals surface area contributed by atoms with Gasteiger partial charge < -0.3 is 5.32 Å². The van der Waals surface area contributed by atoms with Crippen molar-refractivity contribution < 1.29 is 4.79 Å². The number of benzene rings is 1. The topological polar surface area (TPSA) is 54.9 Å². The molecule has 1 amide bonds. The Morgan fingerprint density at radius 1 is 1.13 bits per heavy atom. The molecular formula is C11H9N3O. The Labute approximate surface area is 87.0 Å². The Balaban J connectivity index is 2.37. The van der Waals surface area contributed by atoms with Crippen LogP contribution < -0.4 is 5.32 Å². The van der Waals surface area contributed by atoms with Crippen LogP contribution in [0.4, 0.5) is 5.69 Å². The first-order valence-corrected chi connectivity index (χ1v) is 4.48. The van der Waals surface area contributed by atoms with Gasteiger partial charge in [0.15, 0.2) is 5.82 Å². The maximum atomic E-state index is 10.3. The van der Waals surface area contributed by atoms with E-state index in [4.69, 9.17) is 0 Å². The molecule has 0 radical (unpaired) electrons. The number of aromatic nitrogens is 2. The lowest BCUT2D eigenvalue weighted by Crippen LogP contribution is -1.94. The number of carbonyl (C=O) groups is 1. The number of carbonyl (C=O) groups excluding carboxylic acids is 1. The Hall–Kier alpha value is -2.23. The molecule has 0 fully saturated rings. The zero-order chi connectivity index (χ0) is 10.5. The summed E-state index contributed by atoms with van der Waals surface area (Å²) in [6, 6.07) is 9.13.